The molecule has 0 spiro atoms. The minimum absolute atomic E-state index is 0.0338. The number of fused-ring (bicyclic) bond motifs is 1. The normalized spacial score (nSPS) is 18.2. The molecule has 2 aromatic rings. The molecule has 6 heteroatoms. The highest BCUT2D eigenvalue weighted by atomic mass is 16.2. The minimum atomic E-state index is -0.180. The van der Waals surface area contributed by atoms with Gasteiger partial charge in [-0.05, 0) is 30.7 Å². The van der Waals surface area contributed by atoms with Gasteiger partial charge in [0.2, 0.25) is 5.91 Å². The van der Waals surface area contributed by atoms with Gasteiger partial charge in [-0.2, -0.15) is 0 Å². The van der Waals surface area contributed by atoms with Gasteiger partial charge >= 0.3 is 0 Å². The van der Waals surface area contributed by atoms with Gasteiger partial charge in [-0.1, -0.05) is 0 Å². The molecule has 2 heterocycles. The van der Waals surface area contributed by atoms with Crippen molar-refractivity contribution in [2.75, 3.05) is 12.3 Å². The van der Waals surface area contributed by atoms with Crippen LogP contribution in [-0.2, 0) is 4.79 Å². The molecule has 0 aliphatic carbocycles. The predicted molar refractivity (Wildman–Crippen MR) is 76.2 cm³/mol. The maximum Gasteiger partial charge on any atom is 0.267 e. The first kappa shape index (κ1) is 12.5. The summed E-state index contributed by atoms with van der Waals surface area (Å²) in [6, 6.07) is 7.26. The summed E-state index contributed by atoms with van der Waals surface area (Å²) in [4.78, 5) is 26.2. The fourth-order valence-electron chi connectivity index (χ4n) is 2.41. The van der Waals surface area contributed by atoms with Crippen LogP contribution in [0.2, 0.25) is 0 Å². The summed E-state index contributed by atoms with van der Waals surface area (Å²) in [6.45, 7) is 0.447. The van der Waals surface area contributed by atoms with Crippen LogP contribution in [0.1, 0.15) is 23.3 Å². The molecular formula is C14H16N4O2. The molecule has 1 aromatic carbocycles. The summed E-state index contributed by atoms with van der Waals surface area (Å²) in [6.07, 6.45) is 1.30. The summed E-state index contributed by atoms with van der Waals surface area (Å²) in [7, 11) is 0. The number of hydrogen-bond donors (Lipinski definition) is 4. The Labute approximate surface area is 115 Å². The second kappa shape index (κ2) is 4.88. The van der Waals surface area contributed by atoms with Gasteiger partial charge in [-0.15, -0.1) is 0 Å². The lowest BCUT2D eigenvalue weighted by Crippen LogP contribution is -2.38. The molecule has 0 radical (unpaired) electrons. The molecule has 20 heavy (non-hydrogen) atoms. The number of amides is 2. The fraction of sp³-hybridized carbons (Fsp3) is 0.286. The first-order valence-corrected chi connectivity index (χ1v) is 6.57. The third-order valence-corrected chi connectivity index (χ3v) is 3.48. The van der Waals surface area contributed by atoms with E-state index in [0.717, 1.165) is 17.3 Å². The van der Waals surface area contributed by atoms with E-state index in [-0.39, 0.29) is 17.9 Å². The summed E-state index contributed by atoms with van der Waals surface area (Å²) in [5.74, 6) is -0.133. The van der Waals surface area contributed by atoms with Gasteiger partial charge in [0.25, 0.3) is 5.91 Å². The van der Waals surface area contributed by atoms with E-state index in [0.29, 0.717) is 24.3 Å². The van der Waals surface area contributed by atoms with Gasteiger partial charge in [-0.3, -0.25) is 9.59 Å². The number of benzene rings is 1. The molecule has 5 N–H and O–H groups in total. The number of rotatable bonds is 3. The van der Waals surface area contributed by atoms with Crippen LogP contribution in [0.25, 0.3) is 10.9 Å². The van der Waals surface area contributed by atoms with Crippen LogP contribution < -0.4 is 16.4 Å². The van der Waals surface area contributed by atoms with Crippen molar-refractivity contribution in [3.63, 3.8) is 0 Å². The Morgan fingerprint density at radius 3 is 3.00 bits per heavy atom. The smallest absolute Gasteiger partial charge is 0.267 e. The van der Waals surface area contributed by atoms with Crippen molar-refractivity contribution < 1.29 is 9.59 Å². The van der Waals surface area contributed by atoms with Gasteiger partial charge in [0.1, 0.15) is 5.69 Å². The third kappa shape index (κ3) is 2.45. The molecule has 2 amide bonds. The zero-order valence-electron chi connectivity index (χ0n) is 10.9. The highest BCUT2D eigenvalue weighted by Crippen LogP contribution is 2.18. The van der Waals surface area contributed by atoms with Gasteiger partial charge in [0.15, 0.2) is 0 Å². The second-order valence-corrected chi connectivity index (χ2v) is 5.04. The molecule has 0 bridgehead atoms. The molecule has 0 saturated carbocycles. The summed E-state index contributed by atoms with van der Waals surface area (Å²) in [5, 5.41) is 6.54. The monoisotopic (exact) mass is 272 g/mol. The van der Waals surface area contributed by atoms with Crippen LogP contribution in [0, 0.1) is 0 Å². The van der Waals surface area contributed by atoms with Crippen molar-refractivity contribution in [1.29, 1.82) is 0 Å². The van der Waals surface area contributed by atoms with Gasteiger partial charge in [-0.25, -0.2) is 0 Å². The number of hydrogen-bond acceptors (Lipinski definition) is 3. The van der Waals surface area contributed by atoms with Crippen molar-refractivity contribution in [2.24, 2.45) is 0 Å². The standard InChI is InChI=1S/C14H16N4O2/c15-9-1-3-11-8(5-9)6-12(18-11)14(20)16-7-10-2-4-13(19)17-10/h1,3,5-6,10,18H,2,4,7,15H2,(H,16,20)(H,17,19). The zero-order chi connectivity index (χ0) is 14.1. The molecule has 1 aliphatic rings. The third-order valence-electron chi connectivity index (χ3n) is 3.48. The fourth-order valence-corrected chi connectivity index (χ4v) is 2.41. The maximum atomic E-state index is 12.1. The number of aromatic nitrogens is 1. The molecular weight excluding hydrogens is 256 g/mol. The van der Waals surface area contributed by atoms with Crippen LogP contribution in [-0.4, -0.2) is 29.4 Å². The van der Waals surface area contributed by atoms with Gasteiger partial charge in [0.05, 0.1) is 0 Å². The Morgan fingerprint density at radius 1 is 1.40 bits per heavy atom. The van der Waals surface area contributed by atoms with E-state index in [1.165, 1.54) is 0 Å². The highest BCUT2D eigenvalue weighted by Gasteiger charge is 2.21. The van der Waals surface area contributed by atoms with Gasteiger partial charge in [0, 0.05) is 35.6 Å². The molecule has 1 atom stereocenters. The van der Waals surface area contributed by atoms with E-state index >= 15 is 0 Å². The molecule has 1 aromatic heterocycles. The quantitative estimate of drug-likeness (QED) is 0.620. The Bertz CT molecular complexity index is 677. The van der Waals surface area contributed by atoms with Crippen molar-refractivity contribution in [3.8, 4) is 0 Å². The van der Waals surface area contributed by atoms with E-state index in [2.05, 4.69) is 15.6 Å². The summed E-state index contributed by atoms with van der Waals surface area (Å²) in [5.41, 5.74) is 7.74. The molecule has 1 unspecified atom stereocenters. The number of anilines is 1. The van der Waals surface area contributed by atoms with Crippen LogP contribution >= 0.6 is 0 Å². The topological polar surface area (TPSA) is 100 Å². The highest BCUT2D eigenvalue weighted by molar-refractivity contribution is 5.98. The molecule has 3 rings (SSSR count). The zero-order valence-corrected chi connectivity index (χ0v) is 10.9. The Kier molecular flexibility index (Phi) is 3.06. The van der Waals surface area contributed by atoms with Crippen molar-refractivity contribution >= 4 is 28.4 Å². The van der Waals surface area contributed by atoms with Crippen LogP contribution in [0.4, 0.5) is 5.69 Å². The lowest BCUT2D eigenvalue weighted by Gasteiger charge is -2.10. The number of H-pyrrole nitrogens is 1. The van der Waals surface area contributed by atoms with Crippen molar-refractivity contribution in [1.82, 2.24) is 15.6 Å². The average Bonchev–Trinajstić information content (AvgIpc) is 3.01. The maximum absolute atomic E-state index is 12.1. The summed E-state index contributed by atoms with van der Waals surface area (Å²) < 4.78 is 0. The number of nitrogen functional groups attached to an aromatic ring is 1. The molecule has 6 nitrogen and oxygen atoms in total. The predicted octanol–water partition coefficient (Wildman–Crippen LogP) is 0.758. The summed E-state index contributed by atoms with van der Waals surface area (Å²) >= 11 is 0. The molecule has 104 valence electrons. The number of nitrogens with two attached hydrogens (primary N) is 1. The Balaban J connectivity index is 1.67. The average molecular weight is 272 g/mol. The van der Waals surface area contributed by atoms with E-state index < -0.39 is 0 Å². The Morgan fingerprint density at radius 2 is 2.25 bits per heavy atom. The number of nitrogens with one attached hydrogen (secondary N) is 3. The minimum Gasteiger partial charge on any atom is -0.399 e. The lowest BCUT2D eigenvalue weighted by molar-refractivity contribution is -0.119. The molecule has 1 saturated heterocycles. The van der Waals surface area contributed by atoms with E-state index in [1.807, 2.05) is 12.1 Å². The van der Waals surface area contributed by atoms with Crippen molar-refractivity contribution in [2.45, 2.75) is 18.9 Å². The number of aromatic amines is 1. The van der Waals surface area contributed by atoms with Crippen molar-refractivity contribution in [3.05, 3.63) is 30.0 Å². The molecule has 1 aliphatic heterocycles. The number of carbonyl (C=O) groups excluding carboxylic acids is 2. The van der Waals surface area contributed by atoms with Gasteiger partial charge < -0.3 is 21.4 Å². The SMILES string of the molecule is Nc1ccc2[nH]c(C(=O)NCC3CCC(=O)N3)cc2c1. The number of carbonyl (C=O) groups is 2. The lowest BCUT2D eigenvalue weighted by atomic mass is 10.2. The van der Waals surface area contributed by atoms with Crippen LogP contribution in [0.3, 0.4) is 0 Å². The van der Waals surface area contributed by atoms with E-state index in [1.54, 1.807) is 12.1 Å². The van der Waals surface area contributed by atoms with E-state index in [4.69, 9.17) is 5.73 Å². The first-order valence-electron chi connectivity index (χ1n) is 6.57. The van der Waals surface area contributed by atoms with Crippen LogP contribution in [0.5, 0.6) is 0 Å². The largest absolute Gasteiger partial charge is 0.399 e. The Hall–Kier alpha value is -2.50. The second-order valence-electron chi connectivity index (χ2n) is 5.04. The van der Waals surface area contributed by atoms with E-state index in [9.17, 15) is 9.59 Å². The first-order chi connectivity index (χ1) is 9.61. The molecule has 1 fully saturated rings. The van der Waals surface area contributed by atoms with Crippen LogP contribution in [0.15, 0.2) is 24.3 Å².